The molecule has 2 nitrogen and oxygen atoms in total. The maximum Gasteiger partial charge on any atom is 0.195 e. The van der Waals surface area contributed by atoms with Gasteiger partial charge in [-0.1, -0.05) is 36.4 Å². The molecule has 0 unspecified atom stereocenters. The van der Waals surface area contributed by atoms with Gasteiger partial charge in [-0.15, -0.1) is 0 Å². The first-order valence-electron chi connectivity index (χ1n) is 4.64. The highest BCUT2D eigenvalue weighted by Crippen LogP contribution is 2.15. The quantitative estimate of drug-likeness (QED) is 0.591. The van der Waals surface area contributed by atoms with Crippen molar-refractivity contribution >= 4 is 11.5 Å². The van der Waals surface area contributed by atoms with Crippen LogP contribution < -0.4 is 5.73 Å². The van der Waals surface area contributed by atoms with E-state index in [4.69, 9.17) is 5.73 Å². The summed E-state index contributed by atoms with van der Waals surface area (Å²) in [6.07, 6.45) is 0. The summed E-state index contributed by atoms with van der Waals surface area (Å²) in [6.45, 7) is 0. The van der Waals surface area contributed by atoms with Crippen molar-refractivity contribution in [2.45, 2.75) is 0 Å². The molecule has 73 valence electrons. The van der Waals surface area contributed by atoms with Crippen LogP contribution in [0.5, 0.6) is 0 Å². The lowest BCUT2D eigenvalue weighted by molar-refractivity contribution is 0.103. The highest BCUT2D eigenvalue weighted by Gasteiger charge is 2.10. The third-order valence-electron chi connectivity index (χ3n) is 2.18. The predicted molar refractivity (Wildman–Crippen MR) is 59.6 cm³/mol. The number of carbonyl (C=O) groups excluding carboxylic acids is 1. The van der Waals surface area contributed by atoms with Crippen LogP contribution in [-0.2, 0) is 0 Å². The molecule has 0 bridgehead atoms. The summed E-state index contributed by atoms with van der Waals surface area (Å²) in [6, 6.07) is 16.9. The molecule has 1 radical (unpaired) electrons. The molecular weight excluding hydrogens is 186 g/mol. The Morgan fingerprint density at radius 2 is 1.87 bits per heavy atom. The van der Waals surface area contributed by atoms with Crippen molar-refractivity contribution < 1.29 is 4.79 Å². The fourth-order valence-electron chi connectivity index (χ4n) is 1.38. The number of hydrogen-bond donors (Lipinski definition) is 1. The molecule has 2 aromatic carbocycles. The van der Waals surface area contributed by atoms with Gasteiger partial charge < -0.3 is 5.73 Å². The maximum atomic E-state index is 12.0. The zero-order valence-electron chi connectivity index (χ0n) is 8.10. The summed E-state index contributed by atoms with van der Waals surface area (Å²) in [5, 5.41) is 0. The van der Waals surface area contributed by atoms with Crippen LogP contribution in [0.25, 0.3) is 0 Å². The van der Waals surface area contributed by atoms with E-state index in [1.807, 2.05) is 18.2 Å². The number of hydrogen-bond acceptors (Lipinski definition) is 2. The average Bonchev–Trinajstić information content (AvgIpc) is 2.30. The predicted octanol–water partition coefficient (Wildman–Crippen LogP) is 2.30. The Morgan fingerprint density at radius 3 is 2.53 bits per heavy atom. The first-order valence-corrected chi connectivity index (χ1v) is 4.64. The largest absolute Gasteiger partial charge is 0.398 e. The molecule has 2 heteroatoms. The molecule has 0 aliphatic carbocycles. The minimum atomic E-state index is -0.0649. The molecule has 0 atom stereocenters. The highest BCUT2D eigenvalue weighted by atomic mass is 16.1. The molecule has 0 spiro atoms. The van der Waals surface area contributed by atoms with Gasteiger partial charge in [0.2, 0.25) is 0 Å². The van der Waals surface area contributed by atoms with E-state index in [-0.39, 0.29) is 5.78 Å². The molecule has 0 saturated heterocycles. The third kappa shape index (κ3) is 1.89. The number of ketones is 1. The van der Waals surface area contributed by atoms with Crippen LogP contribution in [0.15, 0.2) is 48.5 Å². The van der Waals surface area contributed by atoms with Crippen molar-refractivity contribution in [1.82, 2.24) is 0 Å². The molecule has 0 aliphatic rings. The second-order valence-corrected chi connectivity index (χ2v) is 3.21. The molecule has 0 amide bonds. The van der Waals surface area contributed by atoms with Crippen LogP contribution in [0.4, 0.5) is 5.69 Å². The first kappa shape index (κ1) is 9.46. The number of nitrogens with two attached hydrogens (primary N) is 1. The van der Waals surface area contributed by atoms with Gasteiger partial charge in [0.05, 0.1) is 0 Å². The summed E-state index contributed by atoms with van der Waals surface area (Å²) in [7, 11) is 0. The lowest BCUT2D eigenvalue weighted by Crippen LogP contribution is -2.04. The second-order valence-electron chi connectivity index (χ2n) is 3.21. The molecule has 2 aromatic rings. The van der Waals surface area contributed by atoms with Gasteiger partial charge in [0.25, 0.3) is 0 Å². The summed E-state index contributed by atoms with van der Waals surface area (Å²) in [4.78, 5) is 12.0. The molecule has 0 saturated carbocycles. The maximum absolute atomic E-state index is 12.0. The first-order chi connectivity index (χ1) is 7.29. The van der Waals surface area contributed by atoms with E-state index < -0.39 is 0 Å². The molecule has 15 heavy (non-hydrogen) atoms. The van der Waals surface area contributed by atoms with E-state index >= 15 is 0 Å². The molecule has 2 N–H and O–H groups in total. The minimum Gasteiger partial charge on any atom is -0.398 e. The minimum absolute atomic E-state index is 0.0649. The number of anilines is 1. The lowest BCUT2D eigenvalue weighted by Gasteiger charge is -2.03. The fraction of sp³-hybridized carbons (Fsp3) is 0. The number of benzene rings is 2. The van der Waals surface area contributed by atoms with E-state index in [9.17, 15) is 4.79 Å². The third-order valence-corrected chi connectivity index (χ3v) is 2.18. The van der Waals surface area contributed by atoms with Gasteiger partial charge in [-0.05, 0) is 18.2 Å². The van der Waals surface area contributed by atoms with Crippen LogP contribution in [0.1, 0.15) is 15.9 Å². The van der Waals surface area contributed by atoms with Crippen LogP contribution in [0.3, 0.4) is 0 Å². The summed E-state index contributed by atoms with van der Waals surface area (Å²) < 4.78 is 0. The van der Waals surface area contributed by atoms with E-state index in [1.165, 1.54) is 0 Å². The van der Waals surface area contributed by atoms with Crippen molar-refractivity contribution in [2.24, 2.45) is 0 Å². The van der Waals surface area contributed by atoms with E-state index in [2.05, 4.69) is 6.07 Å². The van der Waals surface area contributed by atoms with Gasteiger partial charge in [0.1, 0.15) is 0 Å². The summed E-state index contributed by atoms with van der Waals surface area (Å²) in [5.41, 5.74) is 7.35. The van der Waals surface area contributed by atoms with Gasteiger partial charge in [0.15, 0.2) is 5.78 Å². The molecule has 2 rings (SSSR count). The highest BCUT2D eigenvalue weighted by molar-refractivity contribution is 6.11. The van der Waals surface area contributed by atoms with Crippen molar-refractivity contribution in [3.63, 3.8) is 0 Å². The SMILES string of the molecule is Nc1cc[c]cc1C(=O)c1ccccc1. The van der Waals surface area contributed by atoms with Crippen LogP contribution >= 0.6 is 0 Å². The van der Waals surface area contributed by atoms with Crippen molar-refractivity contribution in [3.8, 4) is 0 Å². The average molecular weight is 196 g/mol. The van der Waals surface area contributed by atoms with Crippen LogP contribution in [-0.4, -0.2) is 5.78 Å². The topological polar surface area (TPSA) is 43.1 Å². The number of nitrogen functional groups attached to an aromatic ring is 1. The Kier molecular flexibility index (Phi) is 2.50. The zero-order valence-corrected chi connectivity index (χ0v) is 8.10. The number of rotatable bonds is 2. The Labute approximate surface area is 88.4 Å². The normalized spacial score (nSPS) is 9.87. The van der Waals surface area contributed by atoms with Gasteiger partial charge in [-0.2, -0.15) is 0 Å². The smallest absolute Gasteiger partial charge is 0.195 e. The zero-order chi connectivity index (χ0) is 10.7. The van der Waals surface area contributed by atoms with Crippen molar-refractivity contribution in [3.05, 3.63) is 65.7 Å². The summed E-state index contributed by atoms with van der Waals surface area (Å²) in [5.74, 6) is -0.0649. The number of carbonyl (C=O) groups is 1. The van der Waals surface area contributed by atoms with Crippen LogP contribution in [0, 0.1) is 6.07 Å². The molecular formula is C13H10NO. The lowest BCUT2D eigenvalue weighted by atomic mass is 10.0. The fourth-order valence-corrected chi connectivity index (χ4v) is 1.38. The Morgan fingerprint density at radius 1 is 1.13 bits per heavy atom. The Bertz CT molecular complexity index is 477. The van der Waals surface area contributed by atoms with Crippen molar-refractivity contribution in [1.29, 1.82) is 0 Å². The standard InChI is InChI=1S/C13H10NO/c14-12-9-5-4-8-11(12)13(15)10-6-2-1-3-7-10/h1-3,5-9H,14H2. The molecule has 0 fully saturated rings. The monoisotopic (exact) mass is 196 g/mol. The van der Waals surface area contributed by atoms with Crippen LogP contribution in [0.2, 0.25) is 0 Å². The molecule has 0 heterocycles. The second kappa shape index (κ2) is 3.96. The Hall–Kier alpha value is -2.09. The van der Waals surface area contributed by atoms with Gasteiger partial charge in [-0.25, -0.2) is 0 Å². The van der Waals surface area contributed by atoms with Crippen molar-refractivity contribution in [2.75, 3.05) is 5.73 Å². The molecule has 0 aliphatic heterocycles. The van der Waals surface area contributed by atoms with E-state index in [0.29, 0.717) is 16.8 Å². The van der Waals surface area contributed by atoms with Gasteiger partial charge in [0, 0.05) is 16.8 Å². The van der Waals surface area contributed by atoms with Gasteiger partial charge in [-0.3, -0.25) is 4.79 Å². The van der Waals surface area contributed by atoms with E-state index in [1.54, 1.807) is 30.3 Å². The Balaban J connectivity index is 2.42. The van der Waals surface area contributed by atoms with E-state index in [0.717, 1.165) is 0 Å². The molecule has 0 aromatic heterocycles. The van der Waals surface area contributed by atoms with Gasteiger partial charge >= 0.3 is 0 Å². The summed E-state index contributed by atoms with van der Waals surface area (Å²) >= 11 is 0.